The number of carbonyl (C=O) groups is 1. The summed E-state index contributed by atoms with van der Waals surface area (Å²) in [5.41, 5.74) is 0. The first-order valence-electron chi connectivity index (χ1n) is 6.50. The molecule has 0 aliphatic heterocycles. The van der Waals surface area contributed by atoms with Crippen LogP contribution in [0.25, 0.3) is 0 Å². The molecule has 1 heterocycles. The van der Waals surface area contributed by atoms with Crippen LogP contribution in [0.4, 0.5) is 0 Å². The van der Waals surface area contributed by atoms with E-state index in [1.807, 2.05) is 19.3 Å². The summed E-state index contributed by atoms with van der Waals surface area (Å²) >= 11 is 0. The second-order valence-corrected chi connectivity index (χ2v) is 4.74. The van der Waals surface area contributed by atoms with Crippen LogP contribution in [0.5, 0.6) is 0 Å². The van der Waals surface area contributed by atoms with Gasteiger partial charge in [0.05, 0.1) is 0 Å². The van der Waals surface area contributed by atoms with Crippen molar-refractivity contribution in [1.29, 1.82) is 0 Å². The molecule has 0 aliphatic rings. The van der Waals surface area contributed by atoms with E-state index in [2.05, 4.69) is 21.8 Å². The highest BCUT2D eigenvalue weighted by Crippen LogP contribution is 2.08. The minimum atomic E-state index is -0.703. The Morgan fingerprint density at radius 2 is 2.28 bits per heavy atom. The third-order valence-electron chi connectivity index (χ3n) is 3.12. The molecule has 0 spiro atoms. The van der Waals surface area contributed by atoms with Crippen molar-refractivity contribution in [3.05, 3.63) is 18.2 Å². The average Bonchev–Trinajstić information content (AvgIpc) is 2.72. The van der Waals surface area contributed by atoms with Gasteiger partial charge in [-0.1, -0.05) is 6.92 Å². The summed E-state index contributed by atoms with van der Waals surface area (Å²) in [6.07, 6.45) is 5.85. The molecule has 5 heteroatoms. The average molecular weight is 253 g/mol. The van der Waals surface area contributed by atoms with Gasteiger partial charge in [0.2, 0.25) is 0 Å². The van der Waals surface area contributed by atoms with Crippen molar-refractivity contribution in [3.63, 3.8) is 0 Å². The lowest BCUT2D eigenvalue weighted by atomic mass is 10.0. The Morgan fingerprint density at radius 1 is 1.50 bits per heavy atom. The Morgan fingerprint density at radius 3 is 2.89 bits per heavy atom. The Hall–Kier alpha value is -1.36. The molecule has 0 amide bonds. The highest BCUT2D eigenvalue weighted by atomic mass is 16.4. The fourth-order valence-corrected chi connectivity index (χ4v) is 1.83. The maximum absolute atomic E-state index is 10.4. The molecule has 1 unspecified atom stereocenters. The number of imidazole rings is 1. The van der Waals surface area contributed by atoms with Gasteiger partial charge in [-0.25, -0.2) is 4.98 Å². The fraction of sp³-hybridized carbons (Fsp3) is 0.692. The summed E-state index contributed by atoms with van der Waals surface area (Å²) < 4.78 is 2.11. The van der Waals surface area contributed by atoms with Gasteiger partial charge in [0.1, 0.15) is 5.82 Å². The first-order chi connectivity index (χ1) is 8.59. The maximum Gasteiger partial charge on any atom is 0.303 e. The van der Waals surface area contributed by atoms with Crippen molar-refractivity contribution < 1.29 is 9.90 Å². The van der Waals surface area contributed by atoms with E-state index in [0.717, 1.165) is 38.3 Å². The summed E-state index contributed by atoms with van der Waals surface area (Å²) in [6.45, 7) is 6.88. The lowest BCUT2D eigenvalue weighted by Crippen LogP contribution is -2.22. The molecule has 0 bridgehead atoms. The molecule has 0 aromatic carbocycles. The van der Waals surface area contributed by atoms with Crippen molar-refractivity contribution in [3.8, 4) is 0 Å². The molecule has 0 saturated heterocycles. The SMILES string of the molecule is Cc1nccn1CCNCCC(C)CCC(=O)O. The summed E-state index contributed by atoms with van der Waals surface area (Å²) in [7, 11) is 0. The van der Waals surface area contributed by atoms with Gasteiger partial charge in [-0.05, 0) is 32.2 Å². The molecule has 102 valence electrons. The molecule has 1 rings (SSSR count). The van der Waals surface area contributed by atoms with E-state index in [4.69, 9.17) is 5.11 Å². The van der Waals surface area contributed by atoms with Gasteiger partial charge in [-0.15, -0.1) is 0 Å². The van der Waals surface area contributed by atoms with E-state index in [1.165, 1.54) is 0 Å². The highest BCUT2D eigenvalue weighted by Gasteiger charge is 2.05. The molecular formula is C13H23N3O2. The van der Waals surface area contributed by atoms with Crippen molar-refractivity contribution in [2.75, 3.05) is 13.1 Å². The largest absolute Gasteiger partial charge is 0.481 e. The Labute approximate surface area is 108 Å². The summed E-state index contributed by atoms with van der Waals surface area (Å²) in [5.74, 6) is 0.792. The molecular weight excluding hydrogens is 230 g/mol. The summed E-state index contributed by atoms with van der Waals surface area (Å²) in [5, 5.41) is 12.0. The zero-order valence-electron chi connectivity index (χ0n) is 11.2. The van der Waals surface area contributed by atoms with Gasteiger partial charge in [-0.2, -0.15) is 0 Å². The third kappa shape index (κ3) is 5.82. The minimum absolute atomic E-state index is 0.273. The number of aromatic nitrogens is 2. The number of hydrogen-bond donors (Lipinski definition) is 2. The van der Waals surface area contributed by atoms with E-state index in [1.54, 1.807) is 0 Å². The number of aryl methyl sites for hydroxylation is 1. The van der Waals surface area contributed by atoms with Crippen molar-refractivity contribution >= 4 is 5.97 Å². The first-order valence-corrected chi connectivity index (χ1v) is 6.50. The van der Waals surface area contributed by atoms with Crippen LogP contribution in [-0.4, -0.2) is 33.7 Å². The van der Waals surface area contributed by atoms with E-state index >= 15 is 0 Å². The van der Waals surface area contributed by atoms with Crippen molar-refractivity contribution in [1.82, 2.24) is 14.9 Å². The highest BCUT2D eigenvalue weighted by molar-refractivity contribution is 5.66. The van der Waals surface area contributed by atoms with Crippen LogP contribution in [0.1, 0.15) is 32.0 Å². The van der Waals surface area contributed by atoms with E-state index in [0.29, 0.717) is 5.92 Å². The molecule has 0 fully saturated rings. The summed E-state index contributed by atoms with van der Waals surface area (Å²) in [6, 6.07) is 0. The van der Waals surface area contributed by atoms with E-state index < -0.39 is 5.97 Å². The van der Waals surface area contributed by atoms with Crippen LogP contribution in [0, 0.1) is 12.8 Å². The fourth-order valence-electron chi connectivity index (χ4n) is 1.83. The van der Waals surface area contributed by atoms with Gasteiger partial charge in [0, 0.05) is 31.9 Å². The van der Waals surface area contributed by atoms with Gasteiger partial charge in [0.15, 0.2) is 0 Å². The maximum atomic E-state index is 10.4. The van der Waals surface area contributed by atoms with Crippen LogP contribution in [0.15, 0.2) is 12.4 Å². The zero-order valence-corrected chi connectivity index (χ0v) is 11.2. The van der Waals surface area contributed by atoms with Gasteiger partial charge in [-0.3, -0.25) is 4.79 Å². The molecule has 1 aromatic rings. The molecule has 0 radical (unpaired) electrons. The quantitative estimate of drug-likeness (QED) is 0.657. The van der Waals surface area contributed by atoms with Crippen LogP contribution < -0.4 is 5.32 Å². The standard InChI is InChI=1S/C13H23N3O2/c1-11(3-4-13(17)18)5-6-14-7-9-16-10-8-15-12(16)2/h8,10-11,14H,3-7,9H2,1-2H3,(H,17,18). The summed E-state index contributed by atoms with van der Waals surface area (Å²) in [4.78, 5) is 14.6. The number of nitrogens with zero attached hydrogens (tertiary/aromatic N) is 2. The molecule has 1 aromatic heterocycles. The van der Waals surface area contributed by atoms with Crippen LogP contribution >= 0.6 is 0 Å². The van der Waals surface area contributed by atoms with Crippen LogP contribution in [0.3, 0.4) is 0 Å². The third-order valence-corrected chi connectivity index (χ3v) is 3.12. The Kier molecular flexibility index (Phi) is 6.43. The van der Waals surface area contributed by atoms with Crippen molar-refractivity contribution in [2.45, 2.75) is 39.7 Å². The van der Waals surface area contributed by atoms with E-state index in [9.17, 15) is 4.79 Å². The predicted molar refractivity (Wildman–Crippen MR) is 70.5 cm³/mol. The number of nitrogens with one attached hydrogen (secondary N) is 1. The van der Waals surface area contributed by atoms with Gasteiger partial charge in [0.25, 0.3) is 0 Å². The lowest BCUT2D eigenvalue weighted by molar-refractivity contribution is -0.137. The second kappa shape index (κ2) is 7.87. The number of rotatable bonds is 9. The normalized spacial score (nSPS) is 12.6. The number of carboxylic acids is 1. The molecule has 2 N–H and O–H groups in total. The number of aliphatic carboxylic acids is 1. The van der Waals surface area contributed by atoms with Crippen LogP contribution in [-0.2, 0) is 11.3 Å². The predicted octanol–water partition coefficient (Wildman–Crippen LogP) is 1.67. The van der Waals surface area contributed by atoms with Crippen molar-refractivity contribution in [2.24, 2.45) is 5.92 Å². The number of carboxylic acid groups (broad SMARTS) is 1. The van der Waals surface area contributed by atoms with Gasteiger partial charge >= 0.3 is 5.97 Å². The minimum Gasteiger partial charge on any atom is -0.481 e. The topological polar surface area (TPSA) is 67.2 Å². The molecule has 5 nitrogen and oxygen atoms in total. The molecule has 18 heavy (non-hydrogen) atoms. The Balaban J connectivity index is 2.01. The van der Waals surface area contributed by atoms with Crippen LogP contribution in [0.2, 0.25) is 0 Å². The molecule has 0 aliphatic carbocycles. The van der Waals surface area contributed by atoms with E-state index in [-0.39, 0.29) is 6.42 Å². The molecule has 1 atom stereocenters. The lowest BCUT2D eigenvalue weighted by Gasteiger charge is -2.11. The monoisotopic (exact) mass is 253 g/mol. The smallest absolute Gasteiger partial charge is 0.303 e. The Bertz CT molecular complexity index is 363. The van der Waals surface area contributed by atoms with Gasteiger partial charge < -0.3 is 15.0 Å². The molecule has 0 saturated carbocycles. The first kappa shape index (κ1) is 14.7. The second-order valence-electron chi connectivity index (χ2n) is 4.74. The number of hydrogen-bond acceptors (Lipinski definition) is 3. The zero-order chi connectivity index (χ0) is 13.4.